The molecule has 1 amide bonds. The summed E-state index contributed by atoms with van der Waals surface area (Å²) in [6.07, 6.45) is -7.46. The smallest absolute Gasteiger partial charge is 0.416 e. The average molecular weight is 308 g/mol. The second-order valence-corrected chi connectivity index (χ2v) is 4.06. The molecule has 1 aromatic rings. The van der Waals surface area contributed by atoms with E-state index in [9.17, 15) is 18.0 Å². The Morgan fingerprint density at radius 3 is 2.33 bits per heavy atom. The lowest BCUT2D eigenvalue weighted by molar-refractivity contribution is -0.201. The molecule has 21 heavy (non-hydrogen) atoms. The standard InChI is InChI=1S/C12H15F3N2O4/c1-20-8-3-6(7(16)4-9(8)21-2)11(19)17-5-10(18)12(13,14)15/h3-4,10,18H,5,16H2,1-2H3,(H,17,19). The van der Waals surface area contributed by atoms with Crippen LogP contribution >= 0.6 is 0 Å². The molecule has 0 aromatic heterocycles. The fourth-order valence-corrected chi connectivity index (χ4v) is 1.49. The number of nitrogens with two attached hydrogens (primary N) is 1. The second kappa shape index (κ2) is 6.53. The number of aliphatic hydroxyl groups is 1. The maximum atomic E-state index is 12.1. The summed E-state index contributed by atoms with van der Waals surface area (Å²) in [4.78, 5) is 11.8. The van der Waals surface area contributed by atoms with E-state index in [4.69, 9.17) is 20.3 Å². The third-order valence-corrected chi connectivity index (χ3v) is 2.63. The van der Waals surface area contributed by atoms with E-state index in [0.29, 0.717) is 0 Å². The zero-order valence-corrected chi connectivity index (χ0v) is 11.3. The highest BCUT2D eigenvalue weighted by atomic mass is 19.4. The number of carbonyl (C=O) groups is 1. The third-order valence-electron chi connectivity index (χ3n) is 2.63. The van der Waals surface area contributed by atoms with E-state index in [1.54, 1.807) is 0 Å². The van der Waals surface area contributed by atoms with E-state index in [2.05, 4.69) is 0 Å². The summed E-state index contributed by atoms with van der Waals surface area (Å²) in [5, 5.41) is 10.8. The molecule has 1 unspecified atom stereocenters. The predicted molar refractivity (Wildman–Crippen MR) is 68.4 cm³/mol. The average Bonchev–Trinajstić information content (AvgIpc) is 2.42. The van der Waals surface area contributed by atoms with Crippen LogP contribution in [0.15, 0.2) is 12.1 Å². The van der Waals surface area contributed by atoms with Gasteiger partial charge in [0, 0.05) is 11.8 Å². The fraction of sp³-hybridized carbons (Fsp3) is 0.417. The summed E-state index contributed by atoms with van der Waals surface area (Å²) in [6.45, 7) is -0.976. The lowest BCUT2D eigenvalue weighted by Gasteiger charge is -2.16. The molecule has 0 heterocycles. The molecule has 0 spiro atoms. The van der Waals surface area contributed by atoms with Gasteiger partial charge in [-0.25, -0.2) is 0 Å². The molecule has 4 N–H and O–H groups in total. The molecule has 1 rings (SSSR count). The predicted octanol–water partition coefficient (Wildman–Crippen LogP) is 0.939. The van der Waals surface area contributed by atoms with Gasteiger partial charge in [0.2, 0.25) is 0 Å². The molecule has 0 radical (unpaired) electrons. The van der Waals surface area contributed by atoms with E-state index in [-0.39, 0.29) is 22.7 Å². The Morgan fingerprint density at radius 1 is 1.33 bits per heavy atom. The van der Waals surface area contributed by atoms with Crippen LogP contribution in [0.25, 0.3) is 0 Å². The molecule has 0 bridgehead atoms. The zero-order valence-electron chi connectivity index (χ0n) is 11.3. The van der Waals surface area contributed by atoms with Crippen molar-refractivity contribution in [3.63, 3.8) is 0 Å². The van der Waals surface area contributed by atoms with E-state index in [1.807, 2.05) is 5.32 Å². The molecule has 6 nitrogen and oxygen atoms in total. The van der Waals surface area contributed by atoms with Gasteiger partial charge in [0.25, 0.3) is 5.91 Å². The molecule has 118 valence electrons. The van der Waals surface area contributed by atoms with E-state index >= 15 is 0 Å². The van der Waals surface area contributed by atoms with Gasteiger partial charge in [-0.3, -0.25) is 4.79 Å². The minimum atomic E-state index is -4.81. The monoisotopic (exact) mass is 308 g/mol. The molecule has 0 saturated heterocycles. The third kappa shape index (κ3) is 4.15. The van der Waals surface area contributed by atoms with Crippen LogP contribution < -0.4 is 20.5 Å². The number of rotatable bonds is 5. The summed E-state index contributed by atoms with van der Waals surface area (Å²) in [5.41, 5.74) is 5.56. The molecule has 0 aliphatic rings. The van der Waals surface area contributed by atoms with E-state index in [1.165, 1.54) is 26.4 Å². The van der Waals surface area contributed by atoms with Crippen LogP contribution in [0.5, 0.6) is 11.5 Å². The maximum absolute atomic E-state index is 12.1. The number of ether oxygens (including phenoxy) is 2. The number of carbonyl (C=O) groups excluding carboxylic acids is 1. The first-order chi connectivity index (χ1) is 9.70. The Labute approximate surface area is 118 Å². The summed E-state index contributed by atoms with van der Waals surface area (Å²) in [6, 6.07) is 2.55. The summed E-state index contributed by atoms with van der Waals surface area (Å²) >= 11 is 0. The Bertz CT molecular complexity index is 520. The second-order valence-electron chi connectivity index (χ2n) is 4.06. The van der Waals surface area contributed by atoms with Crippen molar-refractivity contribution in [3.8, 4) is 11.5 Å². The van der Waals surface area contributed by atoms with Gasteiger partial charge in [-0.05, 0) is 6.07 Å². The fourth-order valence-electron chi connectivity index (χ4n) is 1.49. The molecule has 0 aliphatic heterocycles. The first-order valence-corrected chi connectivity index (χ1v) is 5.75. The molecule has 0 fully saturated rings. The van der Waals surface area contributed by atoms with Crippen LogP contribution in [0.2, 0.25) is 0 Å². The van der Waals surface area contributed by atoms with Gasteiger partial charge >= 0.3 is 6.18 Å². The topological polar surface area (TPSA) is 93.8 Å². The van der Waals surface area contributed by atoms with Crippen LogP contribution in [0, 0.1) is 0 Å². The minimum Gasteiger partial charge on any atom is -0.493 e. The molecule has 9 heteroatoms. The number of alkyl halides is 3. The quantitative estimate of drug-likeness (QED) is 0.704. The number of hydrogen-bond donors (Lipinski definition) is 3. The van der Waals surface area contributed by atoms with Crippen LogP contribution in [0.3, 0.4) is 0 Å². The highest BCUT2D eigenvalue weighted by Gasteiger charge is 2.38. The molecule has 1 aromatic carbocycles. The molecular formula is C12H15F3N2O4. The number of aliphatic hydroxyl groups excluding tert-OH is 1. The molecule has 0 saturated carbocycles. The Hall–Kier alpha value is -2.16. The van der Waals surface area contributed by atoms with Crippen molar-refractivity contribution < 1.29 is 32.5 Å². The number of anilines is 1. The van der Waals surface area contributed by atoms with Crippen molar-refractivity contribution in [2.75, 3.05) is 26.5 Å². The Balaban J connectivity index is 2.88. The van der Waals surface area contributed by atoms with Crippen LogP contribution in [-0.2, 0) is 0 Å². The van der Waals surface area contributed by atoms with Gasteiger partial charge < -0.3 is 25.6 Å². The largest absolute Gasteiger partial charge is 0.493 e. The highest BCUT2D eigenvalue weighted by Crippen LogP contribution is 2.31. The van der Waals surface area contributed by atoms with Crippen molar-refractivity contribution in [2.45, 2.75) is 12.3 Å². The first kappa shape index (κ1) is 16.9. The minimum absolute atomic E-state index is 0.00616. The summed E-state index contributed by atoms with van der Waals surface area (Å²) in [5.74, 6) is -0.383. The number of hydrogen-bond acceptors (Lipinski definition) is 5. The van der Waals surface area contributed by atoms with Gasteiger partial charge in [-0.2, -0.15) is 13.2 Å². The van der Waals surface area contributed by atoms with Crippen LogP contribution in [0.4, 0.5) is 18.9 Å². The SMILES string of the molecule is COc1cc(N)c(C(=O)NCC(O)C(F)(F)F)cc1OC. The number of halogens is 3. The number of nitrogen functional groups attached to an aromatic ring is 1. The molecule has 1 atom stereocenters. The number of nitrogens with one attached hydrogen (secondary N) is 1. The van der Waals surface area contributed by atoms with Gasteiger partial charge in [0.05, 0.1) is 26.3 Å². The Morgan fingerprint density at radius 2 is 1.86 bits per heavy atom. The van der Waals surface area contributed by atoms with Crippen LogP contribution in [-0.4, -0.2) is 44.1 Å². The van der Waals surface area contributed by atoms with Gasteiger partial charge in [0.15, 0.2) is 17.6 Å². The van der Waals surface area contributed by atoms with Crippen molar-refractivity contribution in [3.05, 3.63) is 17.7 Å². The van der Waals surface area contributed by atoms with Crippen molar-refractivity contribution in [1.29, 1.82) is 0 Å². The summed E-state index contributed by atoms with van der Waals surface area (Å²) < 4.78 is 46.3. The number of methoxy groups -OCH3 is 2. The molecule has 0 aliphatic carbocycles. The Kier molecular flexibility index (Phi) is 5.25. The maximum Gasteiger partial charge on any atom is 0.416 e. The lowest BCUT2D eigenvalue weighted by Crippen LogP contribution is -2.40. The van der Waals surface area contributed by atoms with Crippen molar-refractivity contribution in [2.24, 2.45) is 0 Å². The number of amides is 1. The highest BCUT2D eigenvalue weighted by molar-refractivity contribution is 6.00. The number of benzene rings is 1. The van der Waals surface area contributed by atoms with Crippen molar-refractivity contribution in [1.82, 2.24) is 5.32 Å². The zero-order chi connectivity index (χ0) is 16.2. The summed E-state index contributed by atoms with van der Waals surface area (Å²) in [7, 11) is 2.71. The van der Waals surface area contributed by atoms with Gasteiger partial charge in [0.1, 0.15) is 0 Å². The van der Waals surface area contributed by atoms with Gasteiger partial charge in [-0.15, -0.1) is 0 Å². The van der Waals surface area contributed by atoms with E-state index < -0.39 is 24.7 Å². The first-order valence-electron chi connectivity index (χ1n) is 5.75. The lowest BCUT2D eigenvalue weighted by atomic mass is 10.1. The van der Waals surface area contributed by atoms with Crippen molar-refractivity contribution >= 4 is 11.6 Å². The normalized spacial score (nSPS) is 12.7. The van der Waals surface area contributed by atoms with Gasteiger partial charge in [-0.1, -0.05) is 0 Å². The van der Waals surface area contributed by atoms with E-state index in [0.717, 1.165) is 0 Å². The van der Waals surface area contributed by atoms with Crippen LogP contribution in [0.1, 0.15) is 10.4 Å². The molecular weight excluding hydrogens is 293 g/mol.